The van der Waals surface area contributed by atoms with Crippen molar-refractivity contribution in [3.05, 3.63) is 43.9 Å². The highest BCUT2D eigenvalue weighted by atomic mass is 79.9. The van der Waals surface area contributed by atoms with E-state index in [-0.39, 0.29) is 0 Å². The Hall–Kier alpha value is -0.940. The van der Waals surface area contributed by atoms with E-state index >= 15 is 0 Å². The van der Waals surface area contributed by atoms with E-state index in [9.17, 15) is 15.2 Å². The van der Waals surface area contributed by atoms with Crippen LogP contribution in [0.3, 0.4) is 0 Å². The molecule has 0 saturated carbocycles. The summed E-state index contributed by atoms with van der Waals surface area (Å²) in [5, 5.41) is 20.6. The van der Waals surface area contributed by atoms with Crippen LogP contribution in [0.4, 0.5) is 0 Å². The first-order valence-electron chi connectivity index (χ1n) is 4.64. The van der Waals surface area contributed by atoms with E-state index in [0.29, 0.717) is 18.4 Å². The molecule has 1 aromatic rings. The third-order valence-corrected chi connectivity index (χ3v) is 3.26. The number of nitrogens with zero attached hydrogens (tertiary/aromatic N) is 1. The Morgan fingerprint density at radius 3 is 3.00 bits per heavy atom. The second kappa shape index (κ2) is 3.57. The highest BCUT2D eigenvalue weighted by molar-refractivity contribution is 9.10. The van der Waals surface area contributed by atoms with E-state index in [1.54, 1.807) is 12.1 Å². The van der Waals surface area contributed by atoms with Crippen LogP contribution in [0.25, 0.3) is 0 Å². The van der Waals surface area contributed by atoms with Crippen molar-refractivity contribution in [2.45, 2.75) is 18.4 Å². The molecule has 5 heteroatoms. The zero-order valence-electron chi connectivity index (χ0n) is 7.94. The van der Waals surface area contributed by atoms with E-state index in [0.717, 1.165) is 10.0 Å². The van der Waals surface area contributed by atoms with Crippen LogP contribution in [0.5, 0.6) is 0 Å². The van der Waals surface area contributed by atoms with Crippen molar-refractivity contribution in [3.8, 4) is 0 Å². The van der Waals surface area contributed by atoms with Gasteiger partial charge in [0.25, 0.3) is 0 Å². The summed E-state index contributed by atoms with van der Waals surface area (Å²) in [6, 6.07) is 5.47. The Morgan fingerprint density at radius 2 is 2.33 bits per heavy atom. The van der Waals surface area contributed by atoms with Gasteiger partial charge in [-0.25, -0.2) is 0 Å². The van der Waals surface area contributed by atoms with Gasteiger partial charge < -0.3 is 5.11 Å². The Morgan fingerprint density at radius 1 is 1.60 bits per heavy atom. The molecule has 0 bridgehead atoms. The molecule has 0 radical (unpaired) electrons. The topological polar surface area (TPSA) is 63.4 Å². The predicted molar refractivity (Wildman–Crippen MR) is 58.2 cm³/mol. The second-order valence-corrected chi connectivity index (χ2v) is 4.74. The fourth-order valence-corrected chi connectivity index (χ4v) is 2.49. The standard InChI is InChI=1S/C10H10BrNO3/c11-8-1-2-9-7(5-8)3-4-10(9,13)6-12(14)15/h1-2,5,13H,3-4,6H2. The molecule has 0 aromatic heterocycles. The first kappa shape index (κ1) is 10.6. The lowest BCUT2D eigenvalue weighted by molar-refractivity contribution is -0.502. The SMILES string of the molecule is O=[N+]([O-])CC1(O)CCc2cc(Br)ccc21. The largest absolute Gasteiger partial charge is 0.378 e. The lowest BCUT2D eigenvalue weighted by Crippen LogP contribution is -2.31. The first-order valence-corrected chi connectivity index (χ1v) is 5.44. The van der Waals surface area contributed by atoms with Gasteiger partial charge in [-0.2, -0.15) is 0 Å². The molecule has 0 aliphatic heterocycles. The first-order chi connectivity index (χ1) is 7.01. The summed E-state index contributed by atoms with van der Waals surface area (Å²) < 4.78 is 0.937. The van der Waals surface area contributed by atoms with Crippen molar-refractivity contribution >= 4 is 15.9 Å². The molecule has 0 saturated heterocycles. The van der Waals surface area contributed by atoms with E-state index in [1.807, 2.05) is 6.07 Å². The molecule has 15 heavy (non-hydrogen) atoms. The Kier molecular flexibility index (Phi) is 2.52. The van der Waals surface area contributed by atoms with E-state index in [1.165, 1.54) is 0 Å². The van der Waals surface area contributed by atoms with Crippen molar-refractivity contribution in [2.24, 2.45) is 0 Å². The quantitative estimate of drug-likeness (QED) is 0.660. The molecule has 1 N–H and O–H groups in total. The average Bonchev–Trinajstić information content (AvgIpc) is 2.42. The number of halogens is 1. The van der Waals surface area contributed by atoms with Gasteiger partial charge in [0.05, 0.1) is 0 Å². The number of rotatable bonds is 2. The van der Waals surface area contributed by atoms with Gasteiger partial charge in [-0.3, -0.25) is 10.1 Å². The van der Waals surface area contributed by atoms with Gasteiger partial charge >= 0.3 is 0 Å². The molecule has 1 aliphatic rings. The molecule has 0 fully saturated rings. The minimum atomic E-state index is -1.28. The molecule has 1 unspecified atom stereocenters. The minimum absolute atomic E-state index is 0.415. The summed E-state index contributed by atoms with van der Waals surface area (Å²) in [5.41, 5.74) is 0.413. The van der Waals surface area contributed by atoms with E-state index in [4.69, 9.17) is 0 Å². The Bertz CT molecular complexity index is 421. The normalized spacial score (nSPS) is 23.9. The van der Waals surface area contributed by atoms with Crippen LogP contribution in [-0.2, 0) is 12.0 Å². The van der Waals surface area contributed by atoms with Crippen LogP contribution in [0, 0.1) is 10.1 Å². The third kappa shape index (κ3) is 1.89. The third-order valence-electron chi connectivity index (χ3n) is 2.77. The van der Waals surface area contributed by atoms with Gasteiger partial charge in [0.2, 0.25) is 6.54 Å². The molecule has 2 rings (SSSR count). The number of benzene rings is 1. The maximum atomic E-state index is 10.5. The fourth-order valence-electron chi connectivity index (χ4n) is 2.08. The maximum absolute atomic E-state index is 10.5. The molecule has 1 aliphatic carbocycles. The lowest BCUT2D eigenvalue weighted by Gasteiger charge is -2.18. The lowest BCUT2D eigenvalue weighted by atomic mass is 9.96. The van der Waals surface area contributed by atoms with Gasteiger partial charge in [0.15, 0.2) is 5.60 Å². The van der Waals surface area contributed by atoms with E-state index < -0.39 is 17.1 Å². The molecular formula is C10H10BrNO3. The van der Waals surface area contributed by atoms with Gasteiger partial charge in [-0.1, -0.05) is 22.0 Å². The zero-order valence-corrected chi connectivity index (χ0v) is 9.53. The maximum Gasteiger partial charge on any atom is 0.236 e. The number of nitro groups is 1. The fraction of sp³-hybridized carbons (Fsp3) is 0.400. The monoisotopic (exact) mass is 271 g/mol. The van der Waals surface area contributed by atoms with Crippen molar-refractivity contribution in [1.82, 2.24) is 0 Å². The van der Waals surface area contributed by atoms with Crippen LogP contribution in [0.2, 0.25) is 0 Å². The number of hydrogen-bond donors (Lipinski definition) is 1. The van der Waals surface area contributed by atoms with Crippen LogP contribution in [-0.4, -0.2) is 16.6 Å². The van der Waals surface area contributed by atoms with Gasteiger partial charge in [0, 0.05) is 9.40 Å². The smallest absolute Gasteiger partial charge is 0.236 e. The van der Waals surface area contributed by atoms with Crippen LogP contribution in [0.1, 0.15) is 17.5 Å². The summed E-state index contributed by atoms with van der Waals surface area (Å²) in [4.78, 5) is 10.0. The summed E-state index contributed by atoms with van der Waals surface area (Å²) in [7, 11) is 0. The predicted octanol–water partition coefficient (Wildman–Crippen LogP) is 1.86. The number of aliphatic hydroxyl groups is 1. The van der Waals surface area contributed by atoms with Gasteiger partial charge in [-0.15, -0.1) is 0 Å². The highest BCUT2D eigenvalue weighted by Gasteiger charge is 2.41. The summed E-state index contributed by atoms with van der Waals surface area (Å²) >= 11 is 3.34. The van der Waals surface area contributed by atoms with Crippen LogP contribution in [0.15, 0.2) is 22.7 Å². The van der Waals surface area contributed by atoms with Crippen molar-refractivity contribution < 1.29 is 10.0 Å². The van der Waals surface area contributed by atoms with Gasteiger partial charge in [-0.05, 0) is 36.1 Å². The summed E-state index contributed by atoms with van der Waals surface area (Å²) in [5.74, 6) is 0. The Labute approximate surface area is 95.2 Å². The van der Waals surface area contributed by atoms with Crippen LogP contribution >= 0.6 is 15.9 Å². The minimum Gasteiger partial charge on any atom is -0.378 e. The number of fused-ring (bicyclic) bond motifs is 1. The molecule has 0 amide bonds. The average molecular weight is 272 g/mol. The molecule has 1 atom stereocenters. The van der Waals surface area contributed by atoms with E-state index in [2.05, 4.69) is 15.9 Å². The molecule has 80 valence electrons. The summed E-state index contributed by atoms with van der Waals surface area (Å²) in [6.07, 6.45) is 1.12. The zero-order chi connectivity index (χ0) is 11.1. The van der Waals surface area contributed by atoms with Crippen molar-refractivity contribution in [2.75, 3.05) is 6.54 Å². The highest BCUT2D eigenvalue weighted by Crippen LogP contribution is 2.38. The number of aryl methyl sites for hydroxylation is 1. The second-order valence-electron chi connectivity index (χ2n) is 3.82. The molecule has 1 aromatic carbocycles. The molecule has 4 nitrogen and oxygen atoms in total. The molecule has 0 heterocycles. The van der Waals surface area contributed by atoms with Crippen LogP contribution < -0.4 is 0 Å². The molecular weight excluding hydrogens is 262 g/mol. The number of hydrogen-bond acceptors (Lipinski definition) is 3. The van der Waals surface area contributed by atoms with Gasteiger partial charge in [0.1, 0.15) is 0 Å². The van der Waals surface area contributed by atoms with Crippen molar-refractivity contribution in [3.63, 3.8) is 0 Å². The molecule has 0 spiro atoms. The summed E-state index contributed by atoms with van der Waals surface area (Å²) in [6.45, 7) is -0.415. The Balaban J connectivity index is 2.39. The van der Waals surface area contributed by atoms with Crippen molar-refractivity contribution in [1.29, 1.82) is 0 Å².